The van der Waals surface area contributed by atoms with Crippen molar-refractivity contribution in [1.82, 2.24) is 4.90 Å². The van der Waals surface area contributed by atoms with Gasteiger partial charge in [-0.05, 0) is 32.1 Å². The van der Waals surface area contributed by atoms with Crippen molar-refractivity contribution in [2.75, 3.05) is 13.6 Å². The van der Waals surface area contributed by atoms with Gasteiger partial charge < -0.3 is 10.6 Å². The van der Waals surface area contributed by atoms with E-state index in [1.807, 2.05) is 14.0 Å². The molecule has 0 radical (unpaired) electrons. The van der Waals surface area contributed by atoms with Crippen LogP contribution in [0.15, 0.2) is 0 Å². The predicted molar refractivity (Wildman–Crippen MR) is 53.2 cm³/mol. The van der Waals surface area contributed by atoms with Crippen LogP contribution in [-0.4, -0.2) is 29.9 Å². The third-order valence-corrected chi connectivity index (χ3v) is 2.80. The number of carbonyl (C=O) groups excluding carboxylic acids is 1. The second-order valence-corrected chi connectivity index (χ2v) is 4.40. The summed E-state index contributed by atoms with van der Waals surface area (Å²) >= 11 is 0. The fourth-order valence-corrected chi connectivity index (χ4v) is 1.36. The molecule has 0 aromatic carbocycles. The van der Waals surface area contributed by atoms with E-state index in [1.165, 1.54) is 12.8 Å². The van der Waals surface area contributed by atoms with Crippen LogP contribution in [0.3, 0.4) is 0 Å². The fraction of sp³-hybridized carbons (Fsp3) is 0.900. The Morgan fingerprint density at radius 2 is 2.15 bits per heavy atom. The average molecular weight is 184 g/mol. The third kappa shape index (κ3) is 2.69. The largest absolute Gasteiger partial charge is 0.344 e. The highest BCUT2D eigenvalue weighted by molar-refractivity contribution is 5.85. The van der Waals surface area contributed by atoms with E-state index in [-0.39, 0.29) is 5.91 Å². The monoisotopic (exact) mass is 184 g/mol. The molecule has 0 aliphatic heterocycles. The maximum absolute atomic E-state index is 11.8. The minimum Gasteiger partial charge on any atom is -0.344 e. The molecule has 0 aromatic rings. The van der Waals surface area contributed by atoms with Crippen molar-refractivity contribution in [2.45, 2.75) is 38.6 Å². The van der Waals surface area contributed by atoms with E-state index < -0.39 is 5.54 Å². The van der Waals surface area contributed by atoms with Gasteiger partial charge in [-0.3, -0.25) is 4.79 Å². The van der Waals surface area contributed by atoms with Gasteiger partial charge in [0.2, 0.25) is 5.91 Å². The first-order chi connectivity index (χ1) is 5.97. The average Bonchev–Trinajstić information content (AvgIpc) is 2.86. The molecule has 3 nitrogen and oxygen atoms in total. The van der Waals surface area contributed by atoms with Crippen molar-refractivity contribution in [3.8, 4) is 0 Å². The van der Waals surface area contributed by atoms with Gasteiger partial charge in [0.25, 0.3) is 0 Å². The zero-order valence-electron chi connectivity index (χ0n) is 8.84. The van der Waals surface area contributed by atoms with E-state index >= 15 is 0 Å². The predicted octanol–water partition coefficient (Wildman–Crippen LogP) is 0.982. The van der Waals surface area contributed by atoms with E-state index in [0.29, 0.717) is 6.42 Å². The van der Waals surface area contributed by atoms with Crippen LogP contribution in [0.25, 0.3) is 0 Å². The van der Waals surface area contributed by atoms with Crippen LogP contribution in [0.2, 0.25) is 0 Å². The molecule has 3 heteroatoms. The summed E-state index contributed by atoms with van der Waals surface area (Å²) in [5.41, 5.74) is 5.19. The van der Waals surface area contributed by atoms with Gasteiger partial charge in [-0.15, -0.1) is 0 Å². The number of likely N-dealkylation sites (N-methyl/N-ethyl adjacent to an activating group) is 1. The lowest BCUT2D eigenvalue weighted by atomic mass is 9.99. The molecule has 1 atom stereocenters. The number of hydrogen-bond donors (Lipinski definition) is 1. The Labute approximate surface area is 80.3 Å². The summed E-state index contributed by atoms with van der Waals surface area (Å²) in [4.78, 5) is 13.5. The fourth-order valence-electron chi connectivity index (χ4n) is 1.36. The van der Waals surface area contributed by atoms with Gasteiger partial charge in [-0.2, -0.15) is 0 Å². The molecular weight excluding hydrogens is 164 g/mol. The van der Waals surface area contributed by atoms with E-state index in [1.54, 1.807) is 11.8 Å². The van der Waals surface area contributed by atoms with Crippen molar-refractivity contribution in [3.63, 3.8) is 0 Å². The molecular formula is C10H20N2O. The summed E-state index contributed by atoms with van der Waals surface area (Å²) in [6.45, 7) is 4.63. The summed E-state index contributed by atoms with van der Waals surface area (Å²) in [6.07, 6.45) is 3.23. The maximum Gasteiger partial charge on any atom is 0.242 e. The van der Waals surface area contributed by atoms with Gasteiger partial charge in [-0.25, -0.2) is 0 Å². The van der Waals surface area contributed by atoms with Gasteiger partial charge in [0.15, 0.2) is 0 Å². The Morgan fingerprint density at radius 1 is 1.62 bits per heavy atom. The summed E-state index contributed by atoms with van der Waals surface area (Å²) in [7, 11) is 1.85. The molecule has 0 spiro atoms. The Bertz CT molecular complexity index is 197. The number of amides is 1. The lowest BCUT2D eigenvalue weighted by Crippen LogP contribution is -2.52. The highest BCUT2D eigenvalue weighted by Gasteiger charge is 2.32. The maximum atomic E-state index is 11.8. The Kier molecular flexibility index (Phi) is 2.96. The molecule has 1 aliphatic carbocycles. The molecule has 76 valence electrons. The second-order valence-electron chi connectivity index (χ2n) is 4.40. The van der Waals surface area contributed by atoms with Gasteiger partial charge in [0.05, 0.1) is 5.54 Å². The molecule has 1 fully saturated rings. The van der Waals surface area contributed by atoms with Crippen molar-refractivity contribution in [1.29, 1.82) is 0 Å². The minimum absolute atomic E-state index is 0.0712. The summed E-state index contributed by atoms with van der Waals surface area (Å²) in [5.74, 6) is 0.809. The second kappa shape index (κ2) is 3.66. The molecule has 0 bridgehead atoms. The van der Waals surface area contributed by atoms with Crippen molar-refractivity contribution in [2.24, 2.45) is 11.7 Å². The van der Waals surface area contributed by atoms with E-state index in [2.05, 4.69) is 0 Å². The number of rotatable bonds is 4. The Morgan fingerprint density at radius 3 is 2.54 bits per heavy atom. The molecule has 0 heterocycles. The molecule has 0 aromatic heterocycles. The summed E-state index contributed by atoms with van der Waals surface area (Å²) < 4.78 is 0. The summed E-state index contributed by atoms with van der Waals surface area (Å²) in [5, 5.41) is 0. The molecule has 1 unspecified atom stereocenters. The molecule has 1 amide bonds. The van der Waals surface area contributed by atoms with E-state index in [4.69, 9.17) is 5.73 Å². The van der Waals surface area contributed by atoms with Crippen molar-refractivity contribution in [3.05, 3.63) is 0 Å². The lowest BCUT2D eigenvalue weighted by Gasteiger charge is -2.28. The van der Waals surface area contributed by atoms with Crippen LogP contribution < -0.4 is 5.73 Å². The molecule has 0 saturated heterocycles. The van der Waals surface area contributed by atoms with E-state index in [0.717, 1.165) is 12.5 Å². The zero-order chi connectivity index (χ0) is 10.1. The zero-order valence-corrected chi connectivity index (χ0v) is 8.84. The molecule has 2 N–H and O–H groups in total. The molecule has 13 heavy (non-hydrogen) atoms. The topological polar surface area (TPSA) is 46.3 Å². The molecule has 1 aliphatic rings. The van der Waals surface area contributed by atoms with E-state index in [9.17, 15) is 4.79 Å². The van der Waals surface area contributed by atoms with Gasteiger partial charge in [0.1, 0.15) is 0 Å². The highest BCUT2D eigenvalue weighted by atomic mass is 16.2. The SMILES string of the molecule is CCC(C)(N)C(=O)N(C)CC1CC1. The highest BCUT2D eigenvalue weighted by Crippen LogP contribution is 2.29. The van der Waals surface area contributed by atoms with Gasteiger partial charge in [-0.1, -0.05) is 6.92 Å². The first kappa shape index (κ1) is 10.5. The van der Waals surface area contributed by atoms with Crippen molar-refractivity contribution >= 4 is 5.91 Å². The van der Waals surface area contributed by atoms with Crippen molar-refractivity contribution < 1.29 is 4.79 Å². The third-order valence-electron chi connectivity index (χ3n) is 2.80. The van der Waals surface area contributed by atoms with Crippen LogP contribution >= 0.6 is 0 Å². The van der Waals surface area contributed by atoms with Crippen LogP contribution in [0.1, 0.15) is 33.1 Å². The molecule has 1 rings (SSSR count). The normalized spacial score (nSPS) is 20.9. The Hall–Kier alpha value is -0.570. The number of carbonyl (C=O) groups is 1. The first-order valence-corrected chi connectivity index (χ1v) is 5.02. The van der Waals surface area contributed by atoms with Gasteiger partial charge in [0, 0.05) is 13.6 Å². The number of hydrogen-bond acceptors (Lipinski definition) is 2. The standard InChI is InChI=1S/C10H20N2O/c1-4-10(2,11)9(13)12(3)7-8-5-6-8/h8H,4-7,11H2,1-3H3. The Balaban J connectivity index is 2.44. The van der Waals surface area contributed by atoms with Crippen LogP contribution in [0, 0.1) is 5.92 Å². The minimum atomic E-state index is -0.677. The van der Waals surface area contributed by atoms with Gasteiger partial charge >= 0.3 is 0 Å². The van der Waals surface area contributed by atoms with Crippen LogP contribution in [0.5, 0.6) is 0 Å². The van der Waals surface area contributed by atoms with Crippen LogP contribution in [-0.2, 0) is 4.79 Å². The lowest BCUT2D eigenvalue weighted by molar-refractivity contribution is -0.135. The smallest absolute Gasteiger partial charge is 0.242 e. The number of nitrogens with two attached hydrogens (primary N) is 1. The van der Waals surface area contributed by atoms with Crippen LogP contribution in [0.4, 0.5) is 0 Å². The first-order valence-electron chi connectivity index (χ1n) is 5.02. The quantitative estimate of drug-likeness (QED) is 0.708. The number of nitrogens with zero attached hydrogens (tertiary/aromatic N) is 1. The summed E-state index contributed by atoms with van der Waals surface area (Å²) in [6, 6.07) is 0. The molecule has 1 saturated carbocycles.